The quantitative estimate of drug-likeness (QED) is 0.895. The summed E-state index contributed by atoms with van der Waals surface area (Å²) in [6, 6.07) is 4.71. The minimum atomic E-state index is -0.287. The summed E-state index contributed by atoms with van der Waals surface area (Å²) >= 11 is 3.08. The Morgan fingerprint density at radius 2 is 2.07 bits per heavy atom. The van der Waals surface area contributed by atoms with E-state index in [9.17, 15) is 4.39 Å². The Kier molecular flexibility index (Phi) is 6.27. The van der Waals surface area contributed by atoms with Crippen molar-refractivity contribution in [3.8, 4) is 0 Å². The molecule has 0 spiro atoms. The Morgan fingerprint density at radius 3 is 2.57 bits per heavy atom. The van der Waals surface area contributed by atoms with Gasteiger partial charge < -0.3 is 11.5 Å². The summed E-state index contributed by atoms with van der Waals surface area (Å²) in [7, 11) is 0. The van der Waals surface area contributed by atoms with Crippen LogP contribution in [0.5, 0.6) is 0 Å². The molecule has 0 bridgehead atoms. The molecule has 0 radical (unpaired) electrons. The molecule has 4 N–H and O–H groups in total. The summed E-state index contributed by atoms with van der Waals surface area (Å²) in [6.45, 7) is 0.513. The third-order valence-corrected chi connectivity index (χ3v) is 2.49. The fourth-order valence-corrected chi connectivity index (χ4v) is 1.34. The van der Waals surface area contributed by atoms with Crippen LogP contribution in [0, 0.1) is 5.82 Å². The fourth-order valence-electron chi connectivity index (χ4n) is 1.09. The van der Waals surface area contributed by atoms with E-state index >= 15 is 0 Å². The fraction of sp³-hybridized carbons (Fsp3) is 0.333. The lowest BCUT2D eigenvalue weighted by Gasteiger charge is -2.10. The van der Waals surface area contributed by atoms with Crippen molar-refractivity contribution >= 4 is 28.3 Å². The van der Waals surface area contributed by atoms with Crippen molar-refractivity contribution in [3.63, 3.8) is 0 Å². The van der Waals surface area contributed by atoms with Gasteiger partial charge in [0.15, 0.2) is 0 Å². The number of hydrogen-bond acceptors (Lipinski definition) is 2. The first kappa shape index (κ1) is 13.8. The van der Waals surface area contributed by atoms with Crippen LogP contribution in [0.25, 0.3) is 0 Å². The van der Waals surface area contributed by atoms with E-state index in [4.69, 9.17) is 11.5 Å². The zero-order chi connectivity index (χ0) is 9.84. The van der Waals surface area contributed by atoms with Gasteiger partial charge in [0.25, 0.3) is 0 Å². The lowest BCUT2D eigenvalue weighted by molar-refractivity contribution is 0.606. The van der Waals surface area contributed by atoms with E-state index in [0.717, 1.165) is 5.56 Å². The molecule has 0 aliphatic rings. The van der Waals surface area contributed by atoms with Crippen LogP contribution in [0.3, 0.4) is 0 Å². The Hall–Kier alpha value is -0.160. The van der Waals surface area contributed by atoms with Gasteiger partial charge in [-0.25, -0.2) is 4.39 Å². The van der Waals surface area contributed by atoms with E-state index in [0.29, 0.717) is 17.4 Å². The lowest BCUT2D eigenvalue weighted by Crippen LogP contribution is -2.15. The highest BCUT2D eigenvalue weighted by Crippen LogP contribution is 2.20. The van der Waals surface area contributed by atoms with Crippen LogP contribution in [0.15, 0.2) is 22.7 Å². The number of rotatable bonds is 3. The zero-order valence-corrected chi connectivity index (χ0v) is 9.94. The van der Waals surface area contributed by atoms with E-state index in [1.165, 1.54) is 6.07 Å². The molecule has 2 nitrogen and oxygen atoms in total. The molecular formula is C9H13BrClFN2. The van der Waals surface area contributed by atoms with Crippen molar-refractivity contribution in [2.45, 2.75) is 12.5 Å². The van der Waals surface area contributed by atoms with Crippen LogP contribution < -0.4 is 11.5 Å². The molecule has 0 saturated carbocycles. The van der Waals surface area contributed by atoms with Crippen molar-refractivity contribution in [3.05, 3.63) is 34.1 Å². The summed E-state index contributed by atoms with van der Waals surface area (Å²) in [5.41, 5.74) is 11.9. The van der Waals surface area contributed by atoms with Crippen LogP contribution in [0.1, 0.15) is 18.0 Å². The molecule has 1 atom stereocenters. The minimum absolute atomic E-state index is 0. The van der Waals surface area contributed by atoms with E-state index in [1.54, 1.807) is 12.1 Å². The standard InChI is InChI=1S/C9H12BrFN2.ClH/c10-7-2-1-6(5-8(7)11)9(13)3-4-12;/h1-2,5,9H,3-4,12-13H2;1H/t9-;/m0./s1. The van der Waals surface area contributed by atoms with E-state index in [2.05, 4.69) is 15.9 Å². The molecule has 14 heavy (non-hydrogen) atoms. The second kappa shape index (κ2) is 6.35. The maximum absolute atomic E-state index is 13.0. The van der Waals surface area contributed by atoms with Crippen molar-refractivity contribution in [2.75, 3.05) is 6.54 Å². The SMILES string of the molecule is Cl.NCC[C@H](N)c1ccc(Br)c(F)c1. The first-order valence-corrected chi connectivity index (χ1v) is 4.85. The van der Waals surface area contributed by atoms with Crippen molar-refractivity contribution in [1.82, 2.24) is 0 Å². The van der Waals surface area contributed by atoms with Gasteiger partial charge in [0, 0.05) is 6.04 Å². The molecule has 1 aromatic carbocycles. The molecule has 5 heteroatoms. The third kappa shape index (κ3) is 3.53. The van der Waals surface area contributed by atoms with Gasteiger partial charge in [-0.05, 0) is 46.6 Å². The monoisotopic (exact) mass is 282 g/mol. The Labute approximate surface area is 97.4 Å². The number of halogens is 3. The van der Waals surface area contributed by atoms with Gasteiger partial charge in [0.1, 0.15) is 5.82 Å². The van der Waals surface area contributed by atoms with Crippen LogP contribution in [-0.2, 0) is 0 Å². The Bertz CT molecular complexity index is 296. The topological polar surface area (TPSA) is 52.0 Å². The van der Waals surface area contributed by atoms with E-state index < -0.39 is 0 Å². The molecule has 0 amide bonds. The predicted octanol–water partition coefficient (Wildman–Crippen LogP) is 2.36. The summed E-state index contributed by atoms with van der Waals surface area (Å²) in [6.07, 6.45) is 0.668. The van der Waals surface area contributed by atoms with Gasteiger partial charge in [-0.2, -0.15) is 0 Å². The lowest BCUT2D eigenvalue weighted by atomic mass is 10.1. The van der Waals surface area contributed by atoms with Crippen LogP contribution in [-0.4, -0.2) is 6.54 Å². The second-order valence-electron chi connectivity index (χ2n) is 2.86. The molecule has 1 aromatic rings. The maximum atomic E-state index is 13.0. The molecule has 0 aromatic heterocycles. The van der Waals surface area contributed by atoms with E-state index in [-0.39, 0.29) is 24.3 Å². The van der Waals surface area contributed by atoms with Crippen LogP contribution in [0.4, 0.5) is 4.39 Å². The first-order chi connectivity index (χ1) is 6.15. The van der Waals surface area contributed by atoms with Gasteiger partial charge in [0.05, 0.1) is 4.47 Å². The summed E-state index contributed by atoms with van der Waals surface area (Å²) in [5.74, 6) is -0.287. The van der Waals surface area contributed by atoms with Crippen LogP contribution >= 0.6 is 28.3 Å². The van der Waals surface area contributed by atoms with Crippen molar-refractivity contribution in [1.29, 1.82) is 0 Å². The van der Waals surface area contributed by atoms with E-state index in [1.807, 2.05) is 0 Å². The van der Waals surface area contributed by atoms with Gasteiger partial charge in [-0.15, -0.1) is 12.4 Å². The Morgan fingerprint density at radius 1 is 1.43 bits per heavy atom. The molecule has 80 valence electrons. The van der Waals surface area contributed by atoms with Gasteiger partial charge in [-0.1, -0.05) is 6.07 Å². The normalized spacial score (nSPS) is 12.0. The van der Waals surface area contributed by atoms with Crippen LogP contribution in [0.2, 0.25) is 0 Å². The third-order valence-electron chi connectivity index (χ3n) is 1.85. The summed E-state index contributed by atoms with van der Waals surface area (Å²) < 4.78 is 13.5. The highest BCUT2D eigenvalue weighted by atomic mass is 79.9. The van der Waals surface area contributed by atoms with Crippen molar-refractivity contribution in [2.24, 2.45) is 11.5 Å². The minimum Gasteiger partial charge on any atom is -0.330 e. The predicted molar refractivity (Wildman–Crippen MR) is 61.9 cm³/mol. The number of nitrogens with two attached hydrogens (primary N) is 2. The maximum Gasteiger partial charge on any atom is 0.137 e. The average molecular weight is 284 g/mol. The van der Waals surface area contributed by atoms with Gasteiger partial charge in [-0.3, -0.25) is 0 Å². The average Bonchev–Trinajstić information content (AvgIpc) is 2.10. The molecule has 0 aliphatic carbocycles. The van der Waals surface area contributed by atoms with Crippen molar-refractivity contribution < 1.29 is 4.39 Å². The molecular weight excluding hydrogens is 270 g/mol. The van der Waals surface area contributed by atoms with Gasteiger partial charge >= 0.3 is 0 Å². The highest BCUT2D eigenvalue weighted by molar-refractivity contribution is 9.10. The molecule has 0 unspecified atom stereocenters. The molecule has 1 rings (SSSR count). The molecule has 0 fully saturated rings. The second-order valence-corrected chi connectivity index (χ2v) is 3.71. The highest BCUT2D eigenvalue weighted by Gasteiger charge is 2.07. The molecule has 0 heterocycles. The number of hydrogen-bond donors (Lipinski definition) is 2. The first-order valence-electron chi connectivity index (χ1n) is 4.05. The summed E-state index contributed by atoms with van der Waals surface area (Å²) in [5, 5.41) is 0. The smallest absolute Gasteiger partial charge is 0.137 e. The summed E-state index contributed by atoms with van der Waals surface area (Å²) in [4.78, 5) is 0. The Balaban J connectivity index is 0.00000169. The van der Waals surface area contributed by atoms with Gasteiger partial charge in [0.2, 0.25) is 0 Å². The molecule has 0 saturated heterocycles. The zero-order valence-electron chi connectivity index (χ0n) is 7.54. The number of benzene rings is 1. The molecule has 0 aliphatic heterocycles. The largest absolute Gasteiger partial charge is 0.330 e.